The van der Waals surface area contributed by atoms with E-state index >= 15 is 0 Å². The Kier molecular flexibility index (Phi) is 2.93. The molecule has 0 aliphatic heterocycles. The molecule has 1 aliphatic rings. The lowest BCUT2D eigenvalue weighted by Gasteiger charge is -2.27. The summed E-state index contributed by atoms with van der Waals surface area (Å²) in [5.41, 5.74) is 0. The predicted molar refractivity (Wildman–Crippen MR) is 58.2 cm³/mol. The molecule has 0 aromatic carbocycles. The Bertz CT molecular complexity index is 312. The van der Waals surface area contributed by atoms with Crippen LogP contribution < -0.4 is 0 Å². The molecule has 0 N–H and O–H groups in total. The molecule has 1 aliphatic carbocycles. The minimum Gasteiger partial charge on any atom is -0.207 e. The van der Waals surface area contributed by atoms with Crippen molar-refractivity contribution in [2.75, 3.05) is 0 Å². The van der Waals surface area contributed by atoms with Crippen molar-refractivity contribution in [2.24, 2.45) is 0 Å². The van der Waals surface area contributed by atoms with Gasteiger partial charge in [-0.05, 0) is 46.1 Å². The Morgan fingerprint density at radius 1 is 1.36 bits per heavy atom. The van der Waals surface area contributed by atoms with Crippen LogP contribution in [-0.4, -0.2) is 5.92 Å². The number of halogens is 3. The Labute approximate surface area is 94.5 Å². The van der Waals surface area contributed by atoms with E-state index in [0.29, 0.717) is 18.8 Å². The van der Waals surface area contributed by atoms with E-state index in [9.17, 15) is 8.78 Å². The molecule has 2 rings (SSSR count). The molecule has 0 radical (unpaired) electrons. The zero-order chi connectivity index (χ0) is 10.2. The largest absolute Gasteiger partial charge is 0.248 e. The highest BCUT2D eigenvalue weighted by atomic mass is 79.9. The van der Waals surface area contributed by atoms with Gasteiger partial charge in [0.2, 0.25) is 5.92 Å². The van der Waals surface area contributed by atoms with Crippen LogP contribution in [0.4, 0.5) is 8.78 Å². The molecule has 0 atom stereocenters. The molecule has 0 bridgehead atoms. The molecule has 0 nitrogen and oxygen atoms in total. The van der Waals surface area contributed by atoms with Gasteiger partial charge in [0.25, 0.3) is 0 Å². The standard InChI is InChI=1S/C10H11BrF2S/c11-8-3-6-14-9(8)7-1-4-10(12,13)5-2-7/h3,6-7H,1-2,4-5H2. The SMILES string of the molecule is FC1(F)CCC(c2sccc2Br)CC1. The minimum absolute atomic E-state index is 0.0437. The van der Waals surface area contributed by atoms with Crippen molar-refractivity contribution in [2.45, 2.75) is 37.5 Å². The molecule has 1 aromatic rings. The van der Waals surface area contributed by atoms with Crippen LogP contribution in [0.5, 0.6) is 0 Å². The van der Waals surface area contributed by atoms with Gasteiger partial charge in [-0.1, -0.05) is 0 Å². The van der Waals surface area contributed by atoms with Crippen LogP contribution in [-0.2, 0) is 0 Å². The number of alkyl halides is 2. The summed E-state index contributed by atoms with van der Waals surface area (Å²) in [6.45, 7) is 0. The summed E-state index contributed by atoms with van der Waals surface area (Å²) in [6.07, 6.45) is 1.32. The fraction of sp³-hybridized carbons (Fsp3) is 0.600. The molecule has 0 amide bonds. The van der Waals surface area contributed by atoms with E-state index in [1.54, 1.807) is 11.3 Å². The van der Waals surface area contributed by atoms with Gasteiger partial charge in [-0.15, -0.1) is 11.3 Å². The number of rotatable bonds is 1. The number of hydrogen-bond acceptors (Lipinski definition) is 1. The lowest BCUT2D eigenvalue weighted by Crippen LogP contribution is -2.23. The quantitative estimate of drug-likeness (QED) is 0.693. The fourth-order valence-electron chi connectivity index (χ4n) is 1.90. The second-order valence-corrected chi connectivity index (χ2v) is 5.57. The highest BCUT2D eigenvalue weighted by Crippen LogP contribution is 2.44. The molecule has 0 unspecified atom stereocenters. The van der Waals surface area contributed by atoms with Crippen LogP contribution in [0.15, 0.2) is 15.9 Å². The van der Waals surface area contributed by atoms with Gasteiger partial charge in [0.15, 0.2) is 0 Å². The van der Waals surface area contributed by atoms with Crippen LogP contribution in [0.1, 0.15) is 36.5 Å². The van der Waals surface area contributed by atoms with Crippen molar-refractivity contribution in [3.63, 3.8) is 0 Å². The second-order valence-electron chi connectivity index (χ2n) is 3.76. The maximum absolute atomic E-state index is 12.9. The predicted octanol–water partition coefficient (Wildman–Crippen LogP) is 4.80. The zero-order valence-electron chi connectivity index (χ0n) is 7.60. The summed E-state index contributed by atoms with van der Waals surface area (Å²) >= 11 is 5.12. The van der Waals surface area contributed by atoms with Gasteiger partial charge in [-0.3, -0.25) is 0 Å². The van der Waals surface area contributed by atoms with Crippen molar-refractivity contribution < 1.29 is 8.78 Å². The molecule has 0 saturated heterocycles. The van der Waals surface area contributed by atoms with Crippen LogP contribution in [0.2, 0.25) is 0 Å². The highest BCUT2D eigenvalue weighted by molar-refractivity contribution is 9.10. The minimum atomic E-state index is -2.42. The van der Waals surface area contributed by atoms with Gasteiger partial charge >= 0.3 is 0 Å². The molecule has 1 heterocycles. The molecule has 1 aromatic heterocycles. The lowest BCUT2D eigenvalue weighted by atomic mass is 9.86. The van der Waals surface area contributed by atoms with Crippen molar-refractivity contribution in [3.05, 3.63) is 20.8 Å². The highest BCUT2D eigenvalue weighted by Gasteiger charge is 2.36. The second kappa shape index (κ2) is 3.89. The first kappa shape index (κ1) is 10.6. The van der Waals surface area contributed by atoms with E-state index in [0.717, 1.165) is 4.47 Å². The van der Waals surface area contributed by atoms with Crippen molar-refractivity contribution in [1.82, 2.24) is 0 Å². The zero-order valence-corrected chi connectivity index (χ0v) is 10.0. The molecular weight excluding hydrogens is 270 g/mol. The van der Waals surface area contributed by atoms with Gasteiger partial charge in [0.05, 0.1) is 0 Å². The topological polar surface area (TPSA) is 0 Å². The summed E-state index contributed by atoms with van der Waals surface area (Å²) in [4.78, 5) is 1.24. The van der Waals surface area contributed by atoms with Crippen molar-refractivity contribution in [1.29, 1.82) is 0 Å². The molecule has 1 saturated carbocycles. The molecule has 0 spiro atoms. The van der Waals surface area contributed by atoms with Crippen molar-refractivity contribution >= 4 is 27.3 Å². The first-order chi connectivity index (χ1) is 6.58. The summed E-state index contributed by atoms with van der Waals surface area (Å²) < 4.78 is 26.9. The van der Waals surface area contributed by atoms with Gasteiger partial charge in [0, 0.05) is 22.2 Å². The average molecular weight is 281 g/mol. The van der Waals surface area contributed by atoms with Gasteiger partial charge in [-0.2, -0.15) is 0 Å². The third-order valence-corrected chi connectivity index (χ3v) is 4.77. The fourth-order valence-corrected chi connectivity index (χ4v) is 3.77. The maximum Gasteiger partial charge on any atom is 0.248 e. The molecule has 4 heteroatoms. The van der Waals surface area contributed by atoms with Crippen molar-refractivity contribution in [3.8, 4) is 0 Å². The lowest BCUT2D eigenvalue weighted by molar-refractivity contribution is -0.0380. The van der Waals surface area contributed by atoms with Gasteiger partial charge < -0.3 is 0 Å². The van der Waals surface area contributed by atoms with E-state index in [4.69, 9.17) is 0 Å². The molecule has 14 heavy (non-hydrogen) atoms. The Morgan fingerprint density at radius 2 is 2.00 bits per heavy atom. The van der Waals surface area contributed by atoms with Crippen LogP contribution in [0, 0.1) is 0 Å². The van der Waals surface area contributed by atoms with Gasteiger partial charge in [0.1, 0.15) is 0 Å². The van der Waals surface area contributed by atoms with Crippen LogP contribution in [0.25, 0.3) is 0 Å². The summed E-state index contributed by atoms with van der Waals surface area (Å²) in [5.74, 6) is -2.08. The van der Waals surface area contributed by atoms with E-state index < -0.39 is 5.92 Å². The molecular formula is C10H11BrF2S. The van der Waals surface area contributed by atoms with Crippen LogP contribution >= 0.6 is 27.3 Å². The maximum atomic E-state index is 12.9. The summed E-state index contributed by atoms with van der Waals surface area (Å²) in [5, 5.41) is 2.01. The Hall–Kier alpha value is 0.0400. The average Bonchev–Trinajstić information content (AvgIpc) is 2.52. The first-order valence-electron chi connectivity index (χ1n) is 4.69. The van der Waals surface area contributed by atoms with Crippen LogP contribution in [0.3, 0.4) is 0 Å². The smallest absolute Gasteiger partial charge is 0.207 e. The van der Waals surface area contributed by atoms with E-state index in [1.807, 2.05) is 11.4 Å². The summed E-state index contributed by atoms with van der Waals surface area (Å²) in [7, 11) is 0. The number of hydrogen-bond donors (Lipinski definition) is 0. The normalized spacial score (nSPS) is 22.5. The Morgan fingerprint density at radius 3 is 2.50 bits per heavy atom. The van der Waals surface area contributed by atoms with E-state index in [2.05, 4.69) is 15.9 Å². The monoisotopic (exact) mass is 280 g/mol. The van der Waals surface area contributed by atoms with E-state index in [1.165, 1.54) is 4.88 Å². The third kappa shape index (κ3) is 2.16. The summed E-state index contributed by atoms with van der Waals surface area (Å²) in [6, 6.07) is 1.99. The first-order valence-corrected chi connectivity index (χ1v) is 6.36. The Balaban J connectivity index is 2.06. The molecule has 1 fully saturated rings. The van der Waals surface area contributed by atoms with Gasteiger partial charge in [-0.25, -0.2) is 8.78 Å². The van der Waals surface area contributed by atoms with E-state index in [-0.39, 0.29) is 12.8 Å². The molecule has 78 valence electrons. The third-order valence-electron chi connectivity index (χ3n) is 2.73. The number of thiophene rings is 1.